The van der Waals surface area contributed by atoms with E-state index in [4.69, 9.17) is 5.73 Å². The summed E-state index contributed by atoms with van der Waals surface area (Å²) in [5.41, 5.74) is 10.2. The topological polar surface area (TPSA) is 29.3 Å². The van der Waals surface area contributed by atoms with Crippen molar-refractivity contribution in [3.63, 3.8) is 0 Å². The van der Waals surface area contributed by atoms with Gasteiger partial charge < -0.3 is 10.6 Å². The van der Waals surface area contributed by atoms with Gasteiger partial charge in [0.25, 0.3) is 0 Å². The lowest BCUT2D eigenvalue weighted by atomic mass is 10.0. The van der Waals surface area contributed by atoms with Gasteiger partial charge in [-0.2, -0.15) is 0 Å². The van der Waals surface area contributed by atoms with Crippen molar-refractivity contribution < 1.29 is 0 Å². The maximum atomic E-state index is 5.97. The molecule has 0 radical (unpaired) electrons. The molecule has 2 aromatic rings. The molecule has 2 nitrogen and oxygen atoms in total. The van der Waals surface area contributed by atoms with Crippen LogP contribution in [0.15, 0.2) is 48.5 Å². The largest absolute Gasteiger partial charge is 0.398 e. The number of benzene rings is 2. The van der Waals surface area contributed by atoms with Crippen molar-refractivity contribution >= 4 is 11.4 Å². The molecule has 16 heavy (non-hydrogen) atoms. The van der Waals surface area contributed by atoms with Gasteiger partial charge in [0.05, 0.1) is 0 Å². The van der Waals surface area contributed by atoms with E-state index >= 15 is 0 Å². The minimum absolute atomic E-state index is 0.818. The second-order valence-corrected chi connectivity index (χ2v) is 4.03. The molecular weight excluding hydrogens is 196 g/mol. The van der Waals surface area contributed by atoms with E-state index < -0.39 is 0 Å². The highest BCUT2D eigenvalue weighted by atomic mass is 15.1. The van der Waals surface area contributed by atoms with Gasteiger partial charge in [0.1, 0.15) is 0 Å². The fourth-order valence-corrected chi connectivity index (χ4v) is 1.71. The predicted molar refractivity (Wildman–Crippen MR) is 70.6 cm³/mol. The number of nitrogens with zero attached hydrogens (tertiary/aromatic N) is 1. The van der Waals surface area contributed by atoms with E-state index in [-0.39, 0.29) is 0 Å². The molecule has 0 unspecified atom stereocenters. The van der Waals surface area contributed by atoms with Gasteiger partial charge in [-0.25, -0.2) is 0 Å². The SMILES string of the molecule is CN(C)c1cccc(-c2ccccc2N)c1. The van der Waals surface area contributed by atoms with Crippen LogP contribution in [0.1, 0.15) is 0 Å². The molecule has 0 amide bonds. The molecule has 0 aliphatic carbocycles. The summed E-state index contributed by atoms with van der Waals surface area (Å²) >= 11 is 0. The summed E-state index contributed by atoms with van der Waals surface area (Å²) in [4.78, 5) is 2.09. The Balaban J connectivity index is 2.49. The molecule has 0 atom stereocenters. The smallest absolute Gasteiger partial charge is 0.0393 e. The summed E-state index contributed by atoms with van der Waals surface area (Å²) < 4.78 is 0. The fraction of sp³-hybridized carbons (Fsp3) is 0.143. The van der Waals surface area contributed by atoms with Crippen LogP contribution in [0.3, 0.4) is 0 Å². The van der Waals surface area contributed by atoms with Crippen LogP contribution >= 0.6 is 0 Å². The third kappa shape index (κ3) is 2.01. The first-order valence-electron chi connectivity index (χ1n) is 5.31. The molecule has 0 saturated carbocycles. The van der Waals surface area contributed by atoms with Crippen molar-refractivity contribution in [3.05, 3.63) is 48.5 Å². The molecule has 0 spiro atoms. The fourth-order valence-electron chi connectivity index (χ4n) is 1.71. The van der Waals surface area contributed by atoms with Gasteiger partial charge in [0, 0.05) is 31.0 Å². The first-order valence-corrected chi connectivity index (χ1v) is 5.31. The standard InChI is InChI=1S/C14H16N2/c1-16(2)12-7-5-6-11(10-12)13-8-3-4-9-14(13)15/h3-10H,15H2,1-2H3. The van der Waals surface area contributed by atoms with Crippen LogP contribution in [-0.4, -0.2) is 14.1 Å². The maximum Gasteiger partial charge on any atom is 0.0393 e. The third-order valence-corrected chi connectivity index (χ3v) is 2.63. The lowest BCUT2D eigenvalue weighted by Gasteiger charge is -2.14. The number of hydrogen-bond donors (Lipinski definition) is 1. The van der Waals surface area contributed by atoms with Gasteiger partial charge in [0.2, 0.25) is 0 Å². The summed E-state index contributed by atoms with van der Waals surface area (Å²) in [6.07, 6.45) is 0. The van der Waals surface area contributed by atoms with Gasteiger partial charge in [-0.3, -0.25) is 0 Å². The minimum Gasteiger partial charge on any atom is -0.398 e. The van der Waals surface area contributed by atoms with Gasteiger partial charge in [-0.15, -0.1) is 0 Å². The molecule has 2 rings (SSSR count). The Kier molecular flexibility index (Phi) is 2.82. The van der Waals surface area contributed by atoms with E-state index in [9.17, 15) is 0 Å². The van der Waals surface area contributed by atoms with Crippen LogP contribution in [0.5, 0.6) is 0 Å². The molecule has 0 aliphatic rings. The van der Waals surface area contributed by atoms with Crippen LogP contribution in [0.25, 0.3) is 11.1 Å². The van der Waals surface area contributed by atoms with E-state index in [1.807, 2.05) is 38.4 Å². The molecular formula is C14H16N2. The Labute approximate surface area is 96.3 Å². The van der Waals surface area contributed by atoms with Crippen molar-refractivity contribution in [2.24, 2.45) is 0 Å². The zero-order valence-corrected chi connectivity index (χ0v) is 9.64. The molecule has 2 heteroatoms. The van der Waals surface area contributed by atoms with Crippen LogP contribution in [0, 0.1) is 0 Å². The van der Waals surface area contributed by atoms with E-state index in [0.29, 0.717) is 0 Å². The quantitative estimate of drug-likeness (QED) is 0.775. The average molecular weight is 212 g/mol. The van der Waals surface area contributed by atoms with E-state index in [2.05, 4.69) is 29.2 Å². The summed E-state index contributed by atoms with van der Waals surface area (Å²) in [5.74, 6) is 0. The van der Waals surface area contributed by atoms with Crippen molar-refractivity contribution in [1.82, 2.24) is 0 Å². The number of hydrogen-bond acceptors (Lipinski definition) is 2. The number of nitrogens with two attached hydrogens (primary N) is 1. The zero-order valence-electron chi connectivity index (χ0n) is 9.64. The Morgan fingerprint density at radius 1 is 0.938 bits per heavy atom. The summed E-state index contributed by atoms with van der Waals surface area (Å²) in [6, 6.07) is 16.3. The zero-order chi connectivity index (χ0) is 11.5. The summed E-state index contributed by atoms with van der Waals surface area (Å²) in [5, 5.41) is 0. The lowest BCUT2D eigenvalue weighted by Crippen LogP contribution is -2.08. The molecule has 0 aliphatic heterocycles. The molecule has 0 bridgehead atoms. The van der Waals surface area contributed by atoms with E-state index in [1.54, 1.807) is 0 Å². The second-order valence-electron chi connectivity index (χ2n) is 4.03. The Hall–Kier alpha value is -1.96. The van der Waals surface area contributed by atoms with E-state index in [0.717, 1.165) is 16.8 Å². The first kappa shape index (κ1) is 10.6. The van der Waals surface area contributed by atoms with Crippen LogP contribution in [-0.2, 0) is 0 Å². The second kappa shape index (κ2) is 4.27. The number of nitrogen functional groups attached to an aromatic ring is 1. The minimum atomic E-state index is 0.818. The Bertz CT molecular complexity index is 490. The van der Waals surface area contributed by atoms with Crippen molar-refractivity contribution in [2.45, 2.75) is 0 Å². The lowest BCUT2D eigenvalue weighted by molar-refractivity contribution is 1.13. The van der Waals surface area contributed by atoms with Crippen molar-refractivity contribution in [2.75, 3.05) is 24.7 Å². The Morgan fingerprint density at radius 3 is 2.38 bits per heavy atom. The van der Waals surface area contributed by atoms with Gasteiger partial charge in [0.15, 0.2) is 0 Å². The predicted octanol–water partition coefficient (Wildman–Crippen LogP) is 3.00. The van der Waals surface area contributed by atoms with Crippen LogP contribution in [0.2, 0.25) is 0 Å². The highest BCUT2D eigenvalue weighted by Gasteiger charge is 2.03. The molecule has 0 saturated heterocycles. The van der Waals surface area contributed by atoms with Crippen molar-refractivity contribution in [3.8, 4) is 11.1 Å². The molecule has 0 aromatic heterocycles. The monoisotopic (exact) mass is 212 g/mol. The summed E-state index contributed by atoms with van der Waals surface area (Å²) in [7, 11) is 4.07. The third-order valence-electron chi connectivity index (χ3n) is 2.63. The molecule has 2 N–H and O–H groups in total. The van der Waals surface area contributed by atoms with Crippen molar-refractivity contribution in [1.29, 1.82) is 0 Å². The van der Waals surface area contributed by atoms with Gasteiger partial charge in [-0.1, -0.05) is 30.3 Å². The Morgan fingerprint density at radius 2 is 1.69 bits per heavy atom. The first-order chi connectivity index (χ1) is 7.68. The number of rotatable bonds is 2. The highest BCUT2D eigenvalue weighted by molar-refractivity contribution is 5.78. The van der Waals surface area contributed by atoms with E-state index in [1.165, 1.54) is 5.69 Å². The van der Waals surface area contributed by atoms with Gasteiger partial charge in [-0.05, 0) is 23.8 Å². The molecule has 0 heterocycles. The maximum absolute atomic E-state index is 5.97. The van der Waals surface area contributed by atoms with Crippen LogP contribution in [0.4, 0.5) is 11.4 Å². The molecule has 82 valence electrons. The molecule has 0 fully saturated rings. The average Bonchev–Trinajstić information content (AvgIpc) is 2.30. The number of anilines is 2. The summed E-state index contributed by atoms with van der Waals surface area (Å²) in [6.45, 7) is 0. The van der Waals surface area contributed by atoms with Crippen LogP contribution < -0.4 is 10.6 Å². The normalized spacial score (nSPS) is 10.1. The van der Waals surface area contributed by atoms with Gasteiger partial charge >= 0.3 is 0 Å². The molecule has 2 aromatic carbocycles. The number of para-hydroxylation sites is 1. The highest BCUT2D eigenvalue weighted by Crippen LogP contribution is 2.28.